The maximum absolute atomic E-state index is 12.9. The zero-order valence-corrected chi connectivity index (χ0v) is 35.7. The summed E-state index contributed by atoms with van der Waals surface area (Å²) in [6.45, 7) is 3.78. The second kappa shape index (κ2) is 37.2. The molecule has 0 aromatic heterocycles. The fraction of sp³-hybridized carbons (Fsp3) is 0.935. The standard InChI is InChI=1S/C46H89NO8/c1-3-5-7-9-11-13-15-17-18-19-20-21-22-23-24-26-28-30-32-34-36-42(50)47-39(38-54-46-45(53)44(52)43(51)41(37-48)55-46)40(49)35-33-31-29-27-25-16-14-12-10-8-6-4-2/h33,35,39-41,43-46,48-49,51-53H,3-32,34,36-38H2,1-2H3,(H,47,50). The lowest BCUT2D eigenvalue weighted by Gasteiger charge is -2.40. The highest BCUT2D eigenvalue weighted by Gasteiger charge is 2.44. The summed E-state index contributed by atoms with van der Waals surface area (Å²) in [5.41, 5.74) is 0. The molecular weight excluding hydrogens is 695 g/mol. The molecule has 0 radical (unpaired) electrons. The van der Waals surface area contributed by atoms with E-state index in [0.717, 1.165) is 38.5 Å². The van der Waals surface area contributed by atoms with Crippen molar-refractivity contribution in [3.63, 3.8) is 0 Å². The molecule has 1 heterocycles. The molecule has 0 bridgehead atoms. The van der Waals surface area contributed by atoms with Gasteiger partial charge in [0, 0.05) is 6.42 Å². The molecule has 0 aliphatic carbocycles. The van der Waals surface area contributed by atoms with E-state index in [-0.39, 0.29) is 12.5 Å². The van der Waals surface area contributed by atoms with Crippen molar-refractivity contribution in [1.29, 1.82) is 0 Å². The van der Waals surface area contributed by atoms with E-state index >= 15 is 0 Å². The molecule has 1 amide bonds. The molecule has 55 heavy (non-hydrogen) atoms. The van der Waals surface area contributed by atoms with E-state index in [9.17, 15) is 30.3 Å². The molecule has 0 aromatic rings. The molecular formula is C46H89NO8. The summed E-state index contributed by atoms with van der Waals surface area (Å²) in [5, 5.41) is 54.1. The summed E-state index contributed by atoms with van der Waals surface area (Å²) < 4.78 is 11.2. The number of unbranched alkanes of at least 4 members (excludes halogenated alkanes) is 29. The minimum atomic E-state index is -1.56. The van der Waals surface area contributed by atoms with Gasteiger partial charge in [-0.3, -0.25) is 4.79 Å². The van der Waals surface area contributed by atoms with Gasteiger partial charge in [-0.1, -0.05) is 206 Å². The average Bonchev–Trinajstić information content (AvgIpc) is 3.18. The first-order valence-corrected chi connectivity index (χ1v) is 23.4. The summed E-state index contributed by atoms with van der Waals surface area (Å²) >= 11 is 0. The summed E-state index contributed by atoms with van der Waals surface area (Å²) in [5.74, 6) is -0.174. The lowest BCUT2D eigenvalue weighted by molar-refractivity contribution is -0.302. The Hall–Kier alpha value is -1.07. The molecule has 7 unspecified atom stereocenters. The number of rotatable bonds is 39. The van der Waals surface area contributed by atoms with Gasteiger partial charge in [-0.2, -0.15) is 0 Å². The predicted molar refractivity (Wildman–Crippen MR) is 226 cm³/mol. The Morgan fingerprint density at radius 3 is 1.42 bits per heavy atom. The average molecular weight is 784 g/mol. The van der Waals surface area contributed by atoms with Crippen LogP contribution in [0, 0.1) is 0 Å². The molecule has 0 saturated carbocycles. The van der Waals surface area contributed by atoms with E-state index in [1.54, 1.807) is 6.08 Å². The summed E-state index contributed by atoms with van der Waals surface area (Å²) in [4.78, 5) is 12.9. The predicted octanol–water partition coefficient (Wildman–Crippen LogP) is 9.73. The van der Waals surface area contributed by atoms with Gasteiger partial charge >= 0.3 is 0 Å². The molecule has 1 rings (SSSR count). The third-order valence-corrected chi connectivity index (χ3v) is 11.4. The number of amides is 1. The van der Waals surface area contributed by atoms with Crippen molar-refractivity contribution < 1.29 is 39.8 Å². The summed E-state index contributed by atoms with van der Waals surface area (Å²) in [7, 11) is 0. The van der Waals surface area contributed by atoms with Crippen LogP contribution in [0.2, 0.25) is 0 Å². The van der Waals surface area contributed by atoms with Gasteiger partial charge in [0.05, 0.1) is 25.4 Å². The van der Waals surface area contributed by atoms with Crippen LogP contribution < -0.4 is 5.32 Å². The summed E-state index contributed by atoms with van der Waals surface area (Å²) in [6.07, 6.45) is 35.4. The van der Waals surface area contributed by atoms with Gasteiger partial charge in [0.25, 0.3) is 0 Å². The van der Waals surface area contributed by atoms with Crippen LogP contribution in [-0.4, -0.2) is 87.5 Å². The van der Waals surface area contributed by atoms with Crippen molar-refractivity contribution in [1.82, 2.24) is 5.32 Å². The van der Waals surface area contributed by atoms with Gasteiger partial charge in [0.15, 0.2) is 6.29 Å². The highest BCUT2D eigenvalue weighted by Crippen LogP contribution is 2.23. The molecule has 1 saturated heterocycles. The zero-order valence-electron chi connectivity index (χ0n) is 35.7. The number of hydrogen-bond donors (Lipinski definition) is 6. The highest BCUT2D eigenvalue weighted by molar-refractivity contribution is 5.76. The third kappa shape index (κ3) is 28.1. The lowest BCUT2D eigenvalue weighted by Crippen LogP contribution is -2.60. The van der Waals surface area contributed by atoms with Crippen LogP contribution in [0.4, 0.5) is 0 Å². The molecule has 0 spiro atoms. The molecule has 1 aliphatic heterocycles. The number of hydrogen-bond acceptors (Lipinski definition) is 8. The van der Waals surface area contributed by atoms with Crippen molar-refractivity contribution in [2.75, 3.05) is 13.2 Å². The van der Waals surface area contributed by atoms with Gasteiger partial charge < -0.3 is 40.3 Å². The number of ether oxygens (including phenoxy) is 2. The van der Waals surface area contributed by atoms with Crippen LogP contribution in [-0.2, 0) is 14.3 Å². The quantitative estimate of drug-likeness (QED) is 0.0267. The minimum absolute atomic E-state index is 0.174. The molecule has 6 N–H and O–H groups in total. The van der Waals surface area contributed by atoms with Gasteiger partial charge in [-0.25, -0.2) is 0 Å². The Morgan fingerprint density at radius 1 is 0.600 bits per heavy atom. The SMILES string of the molecule is CCCCCCCCCCCCC=CC(O)C(COC1OC(CO)C(O)C(O)C1O)NC(=O)CCCCCCCCCCCCCCCCCCCCCC. The number of aliphatic hydroxyl groups is 5. The first kappa shape index (κ1) is 51.9. The fourth-order valence-electron chi connectivity index (χ4n) is 7.57. The van der Waals surface area contributed by atoms with Crippen molar-refractivity contribution >= 4 is 5.91 Å². The van der Waals surface area contributed by atoms with E-state index in [2.05, 4.69) is 19.2 Å². The number of allylic oxidation sites excluding steroid dienone is 1. The number of carbonyl (C=O) groups excluding carboxylic acids is 1. The van der Waals surface area contributed by atoms with Crippen molar-refractivity contribution in [2.24, 2.45) is 0 Å². The van der Waals surface area contributed by atoms with E-state index in [1.807, 2.05) is 6.08 Å². The smallest absolute Gasteiger partial charge is 0.220 e. The highest BCUT2D eigenvalue weighted by atomic mass is 16.7. The molecule has 9 heteroatoms. The topological polar surface area (TPSA) is 149 Å². The van der Waals surface area contributed by atoms with Gasteiger partial charge in [-0.15, -0.1) is 0 Å². The van der Waals surface area contributed by atoms with Crippen molar-refractivity contribution in [3.05, 3.63) is 12.2 Å². The van der Waals surface area contributed by atoms with E-state index in [4.69, 9.17) is 9.47 Å². The van der Waals surface area contributed by atoms with E-state index < -0.39 is 49.5 Å². The fourth-order valence-corrected chi connectivity index (χ4v) is 7.57. The molecule has 0 aromatic carbocycles. The van der Waals surface area contributed by atoms with Crippen LogP contribution >= 0.6 is 0 Å². The minimum Gasteiger partial charge on any atom is -0.394 e. The van der Waals surface area contributed by atoms with Crippen LogP contribution in [0.15, 0.2) is 12.2 Å². The Bertz CT molecular complexity index is 873. The van der Waals surface area contributed by atoms with E-state index in [0.29, 0.717) is 6.42 Å². The Balaban J connectivity index is 2.29. The van der Waals surface area contributed by atoms with Crippen LogP contribution in [0.3, 0.4) is 0 Å². The van der Waals surface area contributed by atoms with Crippen LogP contribution in [0.5, 0.6) is 0 Å². The van der Waals surface area contributed by atoms with Gasteiger partial charge in [0.2, 0.25) is 5.91 Å². The second-order valence-electron chi connectivity index (χ2n) is 16.6. The molecule has 326 valence electrons. The van der Waals surface area contributed by atoms with Crippen LogP contribution in [0.25, 0.3) is 0 Å². The molecule has 1 aliphatic rings. The normalized spacial score (nSPS) is 21.3. The largest absolute Gasteiger partial charge is 0.394 e. The second-order valence-corrected chi connectivity index (χ2v) is 16.6. The summed E-state index contributed by atoms with van der Waals surface area (Å²) in [6, 6.07) is -0.797. The Kier molecular flexibility index (Phi) is 35.2. The van der Waals surface area contributed by atoms with Crippen molar-refractivity contribution in [3.8, 4) is 0 Å². The maximum atomic E-state index is 12.9. The Morgan fingerprint density at radius 2 is 1.00 bits per heavy atom. The van der Waals surface area contributed by atoms with Gasteiger partial charge in [-0.05, 0) is 19.3 Å². The lowest BCUT2D eigenvalue weighted by atomic mass is 9.99. The number of carbonyl (C=O) groups is 1. The Labute approximate surface area is 337 Å². The molecule has 9 nitrogen and oxygen atoms in total. The number of nitrogens with one attached hydrogen (secondary N) is 1. The third-order valence-electron chi connectivity index (χ3n) is 11.4. The van der Waals surface area contributed by atoms with Gasteiger partial charge in [0.1, 0.15) is 24.4 Å². The monoisotopic (exact) mass is 784 g/mol. The van der Waals surface area contributed by atoms with Crippen molar-refractivity contribution in [2.45, 2.75) is 262 Å². The molecule has 1 fully saturated rings. The maximum Gasteiger partial charge on any atom is 0.220 e. The zero-order chi connectivity index (χ0) is 40.2. The number of aliphatic hydroxyl groups excluding tert-OH is 5. The first-order chi connectivity index (χ1) is 26.8. The molecule has 7 atom stereocenters. The van der Waals surface area contributed by atoms with Crippen LogP contribution in [0.1, 0.15) is 219 Å². The first-order valence-electron chi connectivity index (χ1n) is 23.4. The van der Waals surface area contributed by atoms with E-state index in [1.165, 1.54) is 161 Å².